The number of aliphatic hydroxyl groups is 1. The van der Waals surface area contributed by atoms with Crippen LogP contribution >= 0.6 is 0 Å². The van der Waals surface area contributed by atoms with E-state index in [0.717, 1.165) is 30.7 Å². The summed E-state index contributed by atoms with van der Waals surface area (Å²) < 4.78 is 0. The van der Waals surface area contributed by atoms with Gasteiger partial charge in [-0.2, -0.15) is 0 Å². The molecule has 3 rings (SSSR count). The molecule has 2 heteroatoms. The summed E-state index contributed by atoms with van der Waals surface area (Å²) in [5.74, 6) is 2.46. The van der Waals surface area contributed by atoms with Crippen LogP contribution in [0.25, 0.3) is 0 Å². The Morgan fingerprint density at radius 3 is 2.33 bits per heavy atom. The molecule has 1 saturated carbocycles. The van der Waals surface area contributed by atoms with Crippen molar-refractivity contribution >= 4 is 0 Å². The van der Waals surface area contributed by atoms with E-state index in [2.05, 4.69) is 35.2 Å². The van der Waals surface area contributed by atoms with Crippen molar-refractivity contribution in [3.63, 3.8) is 0 Å². The molecule has 0 amide bonds. The Balaban J connectivity index is 1.62. The van der Waals surface area contributed by atoms with E-state index in [9.17, 15) is 0 Å². The number of fused-ring (bicyclic) bond motifs is 2. The smallest absolute Gasteiger partial charge is 0.0433 e. The predicted molar refractivity (Wildman–Crippen MR) is 73.1 cm³/mol. The third-order valence-corrected chi connectivity index (χ3v) is 4.82. The maximum absolute atomic E-state index is 9.17. The van der Waals surface area contributed by atoms with E-state index in [1.165, 1.54) is 31.5 Å². The van der Waals surface area contributed by atoms with Gasteiger partial charge in [-0.15, -0.1) is 0 Å². The van der Waals surface area contributed by atoms with E-state index in [1.54, 1.807) is 0 Å². The molecule has 1 aliphatic carbocycles. The van der Waals surface area contributed by atoms with Gasteiger partial charge in [0.25, 0.3) is 0 Å². The molecule has 2 aliphatic rings. The van der Waals surface area contributed by atoms with Gasteiger partial charge in [0.15, 0.2) is 0 Å². The summed E-state index contributed by atoms with van der Waals surface area (Å²) in [6.45, 7) is 3.93. The van der Waals surface area contributed by atoms with Gasteiger partial charge in [0, 0.05) is 26.2 Å². The highest BCUT2D eigenvalue weighted by Crippen LogP contribution is 2.43. The molecule has 0 spiro atoms. The van der Waals surface area contributed by atoms with Gasteiger partial charge in [0.05, 0.1) is 0 Å². The molecular formula is C16H23NO. The highest BCUT2D eigenvalue weighted by Gasteiger charge is 2.41. The fraction of sp³-hybridized carbons (Fsp3) is 0.625. The third-order valence-electron chi connectivity index (χ3n) is 4.82. The molecule has 18 heavy (non-hydrogen) atoms. The minimum Gasteiger partial charge on any atom is -0.396 e. The second-order valence-corrected chi connectivity index (χ2v) is 5.95. The molecule has 1 heterocycles. The molecular weight excluding hydrogens is 222 g/mol. The fourth-order valence-corrected chi connectivity index (χ4v) is 4.02. The van der Waals surface area contributed by atoms with Crippen LogP contribution in [0.1, 0.15) is 24.8 Å². The fourth-order valence-electron chi connectivity index (χ4n) is 4.02. The number of hydrogen-bond acceptors (Lipinski definition) is 2. The SMILES string of the molecule is OCCC1C2CCC1CN(Cc1ccccc1)C2. The van der Waals surface area contributed by atoms with Crippen LogP contribution in [0.3, 0.4) is 0 Å². The van der Waals surface area contributed by atoms with Crippen molar-refractivity contribution in [1.29, 1.82) is 0 Å². The van der Waals surface area contributed by atoms with Crippen LogP contribution in [-0.4, -0.2) is 29.7 Å². The summed E-state index contributed by atoms with van der Waals surface area (Å²) >= 11 is 0. The van der Waals surface area contributed by atoms with Crippen LogP contribution in [-0.2, 0) is 6.54 Å². The Labute approximate surface area is 110 Å². The zero-order valence-electron chi connectivity index (χ0n) is 11.0. The van der Waals surface area contributed by atoms with E-state index in [-0.39, 0.29) is 0 Å². The lowest BCUT2D eigenvalue weighted by Gasteiger charge is -2.38. The standard InChI is InChI=1S/C16H23NO/c18-9-8-16-14-6-7-15(16)12-17(11-14)10-13-4-2-1-3-5-13/h1-5,14-16,18H,6-12H2. The summed E-state index contributed by atoms with van der Waals surface area (Å²) in [5.41, 5.74) is 1.43. The number of likely N-dealkylation sites (tertiary alicyclic amines) is 1. The number of hydrogen-bond donors (Lipinski definition) is 1. The average molecular weight is 245 g/mol. The molecule has 2 nitrogen and oxygen atoms in total. The lowest BCUT2D eigenvalue weighted by molar-refractivity contribution is 0.0850. The van der Waals surface area contributed by atoms with E-state index in [1.807, 2.05) is 0 Å². The van der Waals surface area contributed by atoms with Crippen molar-refractivity contribution in [1.82, 2.24) is 4.90 Å². The van der Waals surface area contributed by atoms with Gasteiger partial charge in [-0.1, -0.05) is 30.3 Å². The van der Waals surface area contributed by atoms with Crippen LogP contribution in [0.2, 0.25) is 0 Å². The van der Waals surface area contributed by atoms with Gasteiger partial charge in [-0.05, 0) is 42.6 Å². The van der Waals surface area contributed by atoms with Gasteiger partial charge in [0.2, 0.25) is 0 Å². The number of rotatable bonds is 4. The lowest BCUT2D eigenvalue weighted by atomic mass is 9.83. The lowest BCUT2D eigenvalue weighted by Crippen LogP contribution is -2.41. The highest BCUT2D eigenvalue weighted by atomic mass is 16.3. The largest absolute Gasteiger partial charge is 0.396 e. The topological polar surface area (TPSA) is 23.5 Å². The second-order valence-electron chi connectivity index (χ2n) is 5.95. The summed E-state index contributed by atoms with van der Waals surface area (Å²) in [5, 5.41) is 9.17. The van der Waals surface area contributed by atoms with Gasteiger partial charge in [-0.25, -0.2) is 0 Å². The minimum absolute atomic E-state index is 0.371. The van der Waals surface area contributed by atoms with E-state index in [0.29, 0.717) is 6.61 Å². The van der Waals surface area contributed by atoms with E-state index >= 15 is 0 Å². The first kappa shape index (κ1) is 12.2. The maximum atomic E-state index is 9.17. The Hall–Kier alpha value is -0.860. The van der Waals surface area contributed by atoms with Crippen molar-refractivity contribution < 1.29 is 5.11 Å². The van der Waals surface area contributed by atoms with Gasteiger partial charge in [0.1, 0.15) is 0 Å². The van der Waals surface area contributed by atoms with Gasteiger partial charge < -0.3 is 5.11 Å². The highest BCUT2D eigenvalue weighted by molar-refractivity contribution is 5.14. The second kappa shape index (κ2) is 5.41. The Kier molecular flexibility index (Phi) is 3.67. The van der Waals surface area contributed by atoms with E-state index < -0.39 is 0 Å². The molecule has 2 unspecified atom stereocenters. The normalized spacial score (nSPS) is 31.7. The summed E-state index contributed by atoms with van der Waals surface area (Å²) in [6.07, 6.45) is 3.77. The van der Waals surface area contributed by atoms with Crippen molar-refractivity contribution in [3.05, 3.63) is 35.9 Å². The summed E-state index contributed by atoms with van der Waals surface area (Å²) in [6, 6.07) is 10.8. The molecule has 1 aliphatic heterocycles. The first-order valence-electron chi connectivity index (χ1n) is 7.24. The molecule has 1 aromatic carbocycles. The molecule has 1 saturated heterocycles. The number of piperidine rings is 1. The van der Waals surface area contributed by atoms with Crippen molar-refractivity contribution in [3.8, 4) is 0 Å². The Morgan fingerprint density at radius 1 is 1.06 bits per heavy atom. The summed E-state index contributed by atoms with van der Waals surface area (Å²) in [4.78, 5) is 2.62. The molecule has 0 aromatic heterocycles. The molecule has 1 N–H and O–H groups in total. The van der Waals surface area contributed by atoms with Crippen LogP contribution in [0.4, 0.5) is 0 Å². The molecule has 2 atom stereocenters. The quantitative estimate of drug-likeness (QED) is 0.881. The van der Waals surface area contributed by atoms with Crippen LogP contribution in [0, 0.1) is 17.8 Å². The van der Waals surface area contributed by atoms with Crippen LogP contribution < -0.4 is 0 Å². The molecule has 2 bridgehead atoms. The predicted octanol–water partition coefficient (Wildman–Crippen LogP) is 2.53. The van der Waals surface area contributed by atoms with Crippen molar-refractivity contribution in [2.75, 3.05) is 19.7 Å². The monoisotopic (exact) mass is 245 g/mol. The van der Waals surface area contributed by atoms with E-state index in [4.69, 9.17) is 5.11 Å². The molecule has 0 radical (unpaired) electrons. The summed E-state index contributed by atoms with van der Waals surface area (Å²) in [7, 11) is 0. The third kappa shape index (κ3) is 2.45. The van der Waals surface area contributed by atoms with Crippen LogP contribution in [0.5, 0.6) is 0 Å². The van der Waals surface area contributed by atoms with Crippen molar-refractivity contribution in [2.24, 2.45) is 17.8 Å². The van der Waals surface area contributed by atoms with Crippen LogP contribution in [0.15, 0.2) is 30.3 Å². The molecule has 98 valence electrons. The van der Waals surface area contributed by atoms with Crippen molar-refractivity contribution in [2.45, 2.75) is 25.8 Å². The molecule has 2 fully saturated rings. The minimum atomic E-state index is 0.371. The first-order valence-corrected chi connectivity index (χ1v) is 7.24. The van der Waals surface area contributed by atoms with Gasteiger partial charge >= 0.3 is 0 Å². The number of aliphatic hydroxyl groups excluding tert-OH is 1. The number of benzene rings is 1. The zero-order chi connectivity index (χ0) is 12.4. The first-order chi connectivity index (χ1) is 8.86. The average Bonchev–Trinajstić information content (AvgIpc) is 2.63. The molecule has 1 aromatic rings. The Bertz CT molecular complexity index is 364. The van der Waals surface area contributed by atoms with Gasteiger partial charge in [-0.3, -0.25) is 4.90 Å². The maximum Gasteiger partial charge on any atom is 0.0433 e. The number of nitrogens with zero attached hydrogens (tertiary/aromatic N) is 1. The Morgan fingerprint density at radius 2 is 1.72 bits per heavy atom. The zero-order valence-corrected chi connectivity index (χ0v) is 11.0.